The molecule has 0 radical (unpaired) electrons. The number of allylic oxidation sites excluding steroid dienone is 3. The van der Waals surface area contributed by atoms with Crippen molar-refractivity contribution in [2.75, 3.05) is 7.11 Å². The molecule has 0 heterocycles. The van der Waals surface area contributed by atoms with Crippen LogP contribution >= 0.6 is 0 Å². The average molecular weight is 354 g/mol. The summed E-state index contributed by atoms with van der Waals surface area (Å²) >= 11 is 0. The molecule has 3 aliphatic carbocycles. The number of hydrogen-bond donors (Lipinski definition) is 2. The topological polar surface area (TPSA) is 66.8 Å². The molecular weight excluding hydrogens is 328 g/mol. The van der Waals surface area contributed by atoms with E-state index < -0.39 is 0 Å². The number of fused-ring (bicyclic) bond motifs is 3. The summed E-state index contributed by atoms with van der Waals surface area (Å²) in [7, 11) is 1.39. The van der Waals surface area contributed by atoms with Crippen LogP contribution in [0.5, 0.6) is 5.75 Å². The van der Waals surface area contributed by atoms with E-state index in [2.05, 4.69) is 6.08 Å². The van der Waals surface area contributed by atoms with Crippen molar-refractivity contribution in [3.05, 3.63) is 52.8 Å². The molecule has 138 valence electrons. The molecule has 0 aliphatic heterocycles. The number of hydrogen-bond acceptors (Lipinski definition) is 4. The molecule has 1 fully saturated rings. The first kappa shape index (κ1) is 17.2. The van der Waals surface area contributed by atoms with Gasteiger partial charge in [0.1, 0.15) is 11.5 Å². The SMILES string of the molecule is COC(=O)c1cc(O)cc2c1C[C@@H](C1C=CC(O)=CC1)[C@H]1CCCC[C@@H]21. The van der Waals surface area contributed by atoms with Crippen LogP contribution < -0.4 is 0 Å². The van der Waals surface area contributed by atoms with Gasteiger partial charge in [0.05, 0.1) is 12.7 Å². The largest absolute Gasteiger partial charge is 0.508 e. The maximum Gasteiger partial charge on any atom is 0.338 e. The van der Waals surface area contributed by atoms with Crippen molar-refractivity contribution < 1.29 is 19.7 Å². The molecule has 1 unspecified atom stereocenters. The van der Waals surface area contributed by atoms with Gasteiger partial charge in [-0.2, -0.15) is 0 Å². The molecule has 26 heavy (non-hydrogen) atoms. The first-order valence-corrected chi connectivity index (χ1v) is 9.60. The third-order valence-corrected chi connectivity index (χ3v) is 6.55. The van der Waals surface area contributed by atoms with Gasteiger partial charge in [0.15, 0.2) is 0 Å². The van der Waals surface area contributed by atoms with Gasteiger partial charge < -0.3 is 14.9 Å². The van der Waals surface area contributed by atoms with Crippen molar-refractivity contribution >= 4 is 5.97 Å². The number of benzene rings is 1. The van der Waals surface area contributed by atoms with Crippen molar-refractivity contribution in [1.29, 1.82) is 0 Å². The van der Waals surface area contributed by atoms with Gasteiger partial charge in [-0.1, -0.05) is 18.9 Å². The fraction of sp³-hybridized carbons (Fsp3) is 0.500. The Labute approximate surface area is 154 Å². The van der Waals surface area contributed by atoms with E-state index in [-0.39, 0.29) is 11.7 Å². The molecule has 4 nitrogen and oxygen atoms in total. The van der Waals surface area contributed by atoms with E-state index in [9.17, 15) is 15.0 Å². The van der Waals surface area contributed by atoms with Gasteiger partial charge in [-0.15, -0.1) is 0 Å². The Hall–Kier alpha value is -2.23. The van der Waals surface area contributed by atoms with Gasteiger partial charge in [-0.05, 0) is 84.8 Å². The summed E-state index contributed by atoms with van der Waals surface area (Å²) in [6, 6.07) is 3.41. The summed E-state index contributed by atoms with van der Waals surface area (Å²) in [5, 5.41) is 19.9. The standard InChI is InChI=1S/C22H26O4/c1-26-22(25)21-11-15(24)10-19-17-5-3-2-4-16(17)18(12-20(19)21)13-6-8-14(23)9-7-13/h6,8-11,13,16-18,23-24H,2-5,7,12H2,1H3/t13?,16-,17+,18-/m0/s1. The zero-order valence-corrected chi connectivity index (χ0v) is 15.1. The van der Waals surface area contributed by atoms with E-state index in [1.807, 2.05) is 12.1 Å². The van der Waals surface area contributed by atoms with Gasteiger partial charge in [0.25, 0.3) is 0 Å². The van der Waals surface area contributed by atoms with E-state index in [0.717, 1.165) is 30.4 Å². The molecule has 1 saturated carbocycles. The third kappa shape index (κ3) is 2.91. The van der Waals surface area contributed by atoms with Crippen molar-refractivity contribution in [3.8, 4) is 5.75 Å². The van der Waals surface area contributed by atoms with Crippen LogP contribution in [0.1, 0.15) is 59.5 Å². The number of carbonyl (C=O) groups is 1. The third-order valence-electron chi connectivity index (χ3n) is 6.55. The van der Waals surface area contributed by atoms with Crippen LogP contribution in [0, 0.1) is 17.8 Å². The Balaban J connectivity index is 1.77. The van der Waals surface area contributed by atoms with Crippen LogP contribution in [0.2, 0.25) is 0 Å². The zero-order chi connectivity index (χ0) is 18.3. The summed E-state index contributed by atoms with van der Waals surface area (Å²) in [6.07, 6.45) is 12.2. The lowest BCUT2D eigenvalue weighted by Gasteiger charge is -2.45. The molecule has 0 saturated heterocycles. The van der Waals surface area contributed by atoms with Gasteiger partial charge in [-0.3, -0.25) is 0 Å². The van der Waals surface area contributed by atoms with E-state index in [1.165, 1.54) is 26.4 Å². The fourth-order valence-corrected chi connectivity index (χ4v) is 5.39. The minimum absolute atomic E-state index is 0.150. The number of esters is 1. The summed E-state index contributed by atoms with van der Waals surface area (Å²) in [6.45, 7) is 0. The number of aromatic hydroxyl groups is 1. The molecule has 1 aromatic rings. The predicted octanol–water partition coefficient (Wildman–Crippen LogP) is 4.64. The summed E-state index contributed by atoms with van der Waals surface area (Å²) in [5.74, 6) is 1.90. The van der Waals surface area contributed by atoms with Crippen LogP contribution in [-0.4, -0.2) is 23.3 Å². The Morgan fingerprint density at radius 2 is 1.96 bits per heavy atom. The molecule has 1 aromatic carbocycles. The van der Waals surface area contributed by atoms with Crippen LogP contribution in [-0.2, 0) is 11.2 Å². The predicted molar refractivity (Wildman–Crippen MR) is 99.3 cm³/mol. The molecule has 3 aliphatic rings. The minimum Gasteiger partial charge on any atom is -0.508 e. The van der Waals surface area contributed by atoms with E-state index in [0.29, 0.717) is 35.0 Å². The number of methoxy groups -OCH3 is 1. The first-order valence-electron chi connectivity index (χ1n) is 9.60. The second kappa shape index (κ2) is 6.82. The number of rotatable bonds is 2. The maximum atomic E-state index is 12.3. The lowest BCUT2D eigenvalue weighted by molar-refractivity contribution is 0.0596. The van der Waals surface area contributed by atoms with Gasteiger partial charge in [-0.25, -0.2) is 4.79 Å². The number of carbonyl (C=O) groups excluding carboxylic acids is 1. The highest BCUT2D eigenvalue weighted by atomic mass is 16.5. The molecule has 0 spiro atoms. The second-order valence-electron chi connectivity index (χ2n) is 7.86. The average Bonchev–Trinajstić information content (AvgIpc) is 2.67. The highest BCUT2D eigenvalue weighted by Crippen LogP contribution is 2.52. The number of ether oxygens (including phenoxy) is 1. The molecule has 4 heteroatoms. The molecule has 0 bridgehead atoms. The van der Waals surface area contributed by atoms with Crippen LogP contribution in [0.4, 0.5) is 0 Å². The normalized spacial score (nSPS) is 30.1. The quantitative estimate of drug-likeness (QED) is 0.759. The molecule has 0 amide bonds. The van der Waals surface area contributed by atoms with Crippen LogP contribution in [0.25, 0.3) is 0 Å². The molecule has 4 atom stereocenters. The number of aliphatic hydroxyl groups excluding tert-OH is 1. The number of aliphatic hydroxyl groups is 1. The zero-order valence-electron chi connectivity index (χ0n) is 15.1. The number of phenolic OH excluding ortho intramolecular Hbond substituents is 1. The van der Waals surface area contributed by atoms with E-state index in [4.69, 9.17) is 4.74 Å². The summed E-state index contributed by atoms with van der Waals surface area (Å²) < 4.78 is 4.98. The van der Waals surface area contributed by atoms with E-state index in [1.54, 1.807) is 12.1 Å². The lowest BCUT2D eigenvalue weighted by Crippen LogP contribution is -2.37. The monoisotopic (exact) mass is 354 g/mol. The molecular formula is C22H26O4. The Bertz CT molecular complexity index is 777. The maximum absolute atomic E-state index is 12.3. The molecule has 2 N–H and O–H groups in total. The van der Waals surface area contributed by atoms with Crippen molar-refractivity contribution in [3.63, 3.8) is 0 Å². The summed E-state index contributed by atoms with van der Waals surface area (Å²) in [5.41, 5.74) is 2.70. The Kier molecular flexibility index (Phi) is 4.51. The second-order valence-corrected chi connectivity index (χ2v) is 7.86. The Morgan fingerprint density at radius 3 is 2.69 bits per heavy atom. The van der Waals surface area contributed by atoms with Crippen LogP contribution in [0.15, 0.2) is 36.1 Å². The van der Waals surface area contributed by atoms with Crippen LogP contribution in [0.3, 0.4) is 0 Å². The van der Waals surface area contributed by atoms with Crippen molar-refractivity contribution in [2.24, 2.45) is 17.8 Å². The molecule has 0 aromatic heterocycles. The first-order chi connectivity index (χ1) is 12.6. The minimum atomic E-state index is -0.373. The lowest BCUT2D eigenvalue weighted by atomic mass is 9.59. The molecule has 4 rings (SSSR count). The Morgan fingerprint density at radius 1 is 1.15 bits per heavy atom. The van der Waals surface area contributed by atoms with Gasteiger partial charge in [0.2, 0.25) is 0 Å². The smallest absolute Gasteiger partial charge is 0.338 e. The number of phenols is 1. The van der Waals surface area contributed by atoms with Gasteiger partial charge >= 0.3 is 5.97 Å². The van der Waals surface area contributed by atoms with Crippen molar-refractivity contribution in [2.45, 2.75) is 44.4 Å². The summed E-state index contributed by atoms with van der Waals surface area (Å²) in [4.78, 5) is 12.3. The van der Waals surface area contributed by atoms with E-state index >= 15 is 0 Å². The highest BCUT2D eigenvalue weighted by molar-refractivity contribution is 5.92. The van der Waals surface area contributed by atoms with Crippen molar-refractivity contribution in [1.82, 2.24) is 0 Å². The fourth-order valence-electron chi connectivity index (χ4n) is 5.39. The van der Waals surface area contributed by atoms with Gasteiger partial charge in [0, 0.05) is 0 Å². The highest BCUT2D eigenvalue weighted by Gasteiger charge is 2.42.